The maximum atomic E-state index is 14.3. The summed E-state index contributed by atoms with van der Waals surface area (Å²) >= 11 is 1.60. The van der Waals surface area contributed by atoms with Crippen molar-refractivity contribution in [3.63, 3.8) is 0 Å². The van der Waals surface area contributed by atoms with Gasteiger partial charge < -0.3 is 5.32 Å². The third-order valence-corrected chi connectivity index (χ3v) is 6.88. The van der Waals surface area contributed by atoms with E-state index >= 15 is 0 Å². The number of nitrogens with one attached hydrogen (secondary N) is 1. The van der Waals surface area contributed by atoms with Gasteiger partial charge in [0.15, 0.2) is 0 Å². The Bertz CT molecular complexity index is 1060. The topological polar surface area (TPSA) is 52.0 Å². The van der Waals surface area contributed by atoms with Gasteiger partial charge in [-0.2, -0.15) is 5.26 Å². The summed E-state index contributed by atoms with van der Waals surface area (Å²) in [5.41, 5.74) is 6.03. The molecule has 29 heavy (non-hydrogen) atoms. The lowest BCUT2D eigenvalue weighted by atomic mass is 9.93. The first-order valence-electron chi connectivity index (χ1n) is 9.87. The SMILES string of the molecule is N#Cc1ccc(-c2cccc(CN3C[C@@H]4CNC[C@H]4C3)c2-c2cncs2)cc1F. The Kier molecular flexibility index (Phi) is 4.88. The summed E-state index contributed by atoms with van der Waals surface area (Å²) in [5, 5.41) is 12.5. The molecule has 0 amide bonds. The van der Waals surface area contributed by atoms with Crippen LogP contribution in [0.15, 0.2) is 48.1 Å². The Hall–Kier alpha value is -2.59. The molecule has 5 rings (SSSR count). The quantitative estimate of drug-likeness (QED) is 0.710. The van der Waals surface area contributed by atoms with Crippen LogP contribution in [0.3, 0.4) is 0 Å². The van der Waals surface area contributed by atoms with Gasteiger partial charge in [-0.3, -0.25) is 9.88 Å². The molecule has 2 fully saturated rings. The molecular weight excluding hydrogens is 383 g/mol. The van der Waals surface area contributed by atoms with Crippen molar-refractivity contribution in [1.29, 1.82) is 5.26 Å². The smallest absolute Gasteiger partial charge is 0.141 e. The van der Waals surface area contributed by atoms with Crippen molar-refractivity contribution in [2.75, 3.05) is 26.2 Å². The van der Waals surface area contributed by atoms with E-state index in [1.165, 1.54) is 11.6 Å². The van der Waals surface area contributed by atoms with E-state index in [1.807, 2.05) is 36.0 Å². The summed E-state index contributed by atoms with van der Waals surface area (Å²) in [5.74, 6) is 1.01. The Balaban J connectivity index is 1.55. The van der Waals surface area contributed by atoms with Crippen LogP contribution in [-0.4, -0.2) is 36.1 Å². The second kappa shape index (κ2) is 7.68. The molecule has 2 aliphatic heterocycles. The Morgan fingerprint density at radius 1 is 1.21 bits per heavy atom. The fourth-order valence-corrected chi connectivity index (χ4v) is 5.41. The average Bonchev–Trinajstić information content (AvgIpc) is 3.45. The summed E-state index contributed by atoms with van der Waals surface area (Å²) in [6, 6.07) is 13.0. The zero-order chi connectivity index (χ0) is 19.8. The Labute approximate surface area is 173 Å². The van der Waals surface area contributed by atoms with E-state index in [2.05, 4.69) is 21.3 Å². The molecule has 2 aromatic carbocycles. The highest BCUT2D eigenvalue weighted by Gasteiger charge is 2.36. The van der Waals surface area contributed by atoms with E-state index in [0.717, 1.165) is 66.1 Å². The molecule has 0 spiro atoms. The second-order valence-electron chi connectivity index (χ2n) is 7.88. The van der Waals surface area contributed by atoms with Crippen LogP contribution in [0.5, 0.6) is 0 Å². The number of benzene rings is 2. The molecule has 0 saturated carbocycles. The van der Waals surface area contributed by atoms with Gasteiger partial charge in [0, 0.05) is 31.4 Å². The van der Waals surface area contributed by atoms with E-state index in [9.17, 15) is 4.39 Å². The van der Waals surface area contributed by atoms with Crippen LogP contribution < -0.4 is 5.32 Å². The number of hydrogen-bond acceptors (Lipinski definition) is 5. The van der Waals surface area contributed by atoms with Gasteiger partial charge in [0.05, 0.1) is 16.0 Å². The minimum absolute atomic E-state index is 0.0708. The molecule has 4 nitrogen and oxygen atoms in total. The number of rotatable bonds is 4. The maximum Gasteiger partial charge on any atom is 0.141 e. The zero-order valence-corrected chi connectivity index (χ0v) is 16.8. The predicted octanol–water partition coefficient (Wildman–Crippen LogP) is 4.14. The lowest BCUT2D eigenvalue weighted by molar-refractivity contribution is 0.306. The van der Waals surface area contributed by atoms with E-state index < -0.39 is 5.82 Å². The van der Waals surface area contributed by atoms with Gasteiger partial charge in [-0.15, -0.1) is 11.3 Å². The van der Waals surface area contributed by atoms with Gasteiger partial charge in [0.2, 0.25) is 0 Å². The summed E-state index contributed by atoms with van der Waals surface area (Å²) in [6.45, 7) is 5.36. The van der Waals surface area contributed by atoms with E-state index in [-0.39, 0.29) is 5.56 Å². The Morgan fingerprint density at radius 2 is 2.03 bits per heavy atom. The van der Waals surface area contributed by atoms with Crippen LogP contribution in [0.2, 0.25) is 0 Å². The molecule has 6 heteroatoms. The third kappa shape index (κ3) is 3.46. The van der Waals surface area contributed by atoms with Gasteiger partial charge in [-0.1, -0.05) is 24.3 Å². The number of halogens is 1. The summed E-state index contributed by atoms with van der Waals surface area (Å²) in [4.78, 5) is 7.90. The molecule has 3 aromatic rings. The minimum Gasteiger partial charge on any atom is -0.316 e. The fraction of sp³-hybridized carbons (Fsp3) is 0.304. The number of hydrogen-bond donors (Lipinski definition) is 1. The molecule has 146 valence electrons. The molecule has 0 aliphatic carbocycles. The van der Waals surface area contributed by atoms with Crippen molar-refractivity contribution in [3.8, 4) is 27.6 Å². The van der Waals surface area contributed by atoms with Gasteiger partial charge in [-0.05, 0) is 53.7 Å². The molecule has 0 unspecified atom stereocenters. The normalized spacial score (nSPS) is 21.2. The summed E-state index contributed by atoms with van der Waals surface area (Å²) in [7, 11) is 0. The number of likely N-dealkylation sites (tertiary alicyclic amines) is 1. The molecular formula is C23H21FN4S. The first-order chi connectivity index (χ1) is 14.2. The van der Waals surface area contributed by atoms with E-state index in [0.29, 0.717) is 0 Å². The zero-order valence-electron chi connectivity index (χ0n) is 15.9. The van der Waals surface area contributed by atoms with Crippen molar-refractivity contribution in [1.82, 2.24) is 15.2 Å². The molecule has 0 radical (unpaired) electrons. The first kappa shape index (κ1) is 18.4. The van der Waals surface area contributed by atoms with Crippen molar-refractivity contribution in [2.24, 2.45) is 11.8 Å². The largest absolute Gasteiger partial charge is 0.316 e. The Morgan fingerprint density at radius 3 is 2.72 bits per heavy atom. The minimum atomic E-state index is -0.481. The summed E-state index contributed by atoms with van der Waals surface area (Å²) in [6.07, 6.45) is 1.88. The monoisotopic (exact) mass is 404 g/mol. The van der Waals surface area contributed by atoms with Crippen molar-refractivity contribution < 1.29 is 4.39 Å². The van der Waals surface area contributed by atoms with Crippen molar-refractivity contribution in [3.05, 3.63) is 65.0 Å². The molecule has 0 bridgehead atoms. The van der Waals surface area contributed by atoms with Crippen LogP contribution in [0.1, 0.15) is 11.1 Å². The van der Waals surface area contributed by atoms with E-state index in [1.54, 1.807) is 17.4 Å². The second-order valence-corrected chi connectivity index (χ2v) is 8.77. The van der Waals surface area contributed by atoms with Crippen LogP contribution in [0, 0.1) is 29.0 Å². The van der Waals surface area contributed by atoms with Crippen LogP contribution in [0.4, 0.5) is 4.39 Å². The van der Waals surface area contributed by atoms with Crippen molar-refractivity contribution in [2.45, 2.75) is 6.54 Å². The van der Waals surface area contributed by atoms with Gasteiger partial charge >= 0.3 is 0 Å². The molecule has 2 atom stereocenters. The van der Waals surface area contributed by atoms with Crippen molar-refractivity contribution >= 4 is 11.3 Å². The number of nitriles is 1. The molecule has 2 saturated heterocycles. The van der Waals surface area contributed by atoms with Gasteiger partial charge in [0.1, 0.15) is 11.9 Å². The average molecular weight is 405 g/mol. The summed E-state index contributed by atoms with van der Waals surface area (Å²) < 4.78 is 14.3. The highest BCUT2D eigenvalue weighted by molar-refractivity contribution is 7.13. The highest BCUT2D eigenvalue weighted by atomic mass is 32.1. The third-order valence-electron chi connectivity index (χ3n) is 6.09. The van der Waals surface area contributed by atoms with Gasteiger partial charge in [0.25, 0.3) is 0 Å². The maximum absolute atomic E-state index is 14.3. The number of nitrogens with zero attached hydrogens (tertiary/aromatic N) is 3. The molecule has 1 aromatic heterocycles. The number of fused-ring (bicyclic) bond motifs is 1. The van der Waals surface area contributed by atoms with Crippen LogP contribution in [0.25, 0.3) is 21.6 Å². The number of aromatic nitrogens is 1. The number of thiazole rings is 1. The molecule has 2 aliphatic rings. The van der Waals surface area contributed by atoms with E-state index in [4.69, 9.17) is 5.26 Å². The molecule has 1 N–H and O–H groups in total. The van der Waals surface area contributed by atoms with Crippen LogP contribution >= 0.6 is 11.3 Å². The standard InChI is InChI=1S/C23H21FN4S/c24-21-6-15(4-5-16(21)7-25)20-3-1-2-17(23(20)22-10-27-14-29-22)11-28-12-18-8-26-9-19(18)13-28/h1-6,10,14,18-19,26H,8-9,11-13H2/t18-,19-/m0/s1. The lowest BCUT2D eigenvalue weighted by Crippen LogP contribution is -2.25. The first-order valence-corrected chi connectivity index (χ1v) is 10.7. The van der Waals surface area contributed by atoms with Gasteiger partial charge in [-0.25, -0.2) is 4.39 Å². The highest BCUT2D eigenvalue weighted by Crippen LogP contribution is 2.39. The lowest BCUT2D eigenvalue weighted by Gasteiger charge is -2.21. The molecule has 3 heterocycles. The fourth-order valence-electron chi connectivity index (χ4n) is 4.70. The predicted molar refractivity (Wildman–Crippen MR) is 113 cm³/mol. The van der Waals surface area contributed by atoms with Crippen LogP contribution in [-0.2, 0) is 6.54 Å².